The zero-order valence-corrected chi connectivity index (χ0v) is 16.4. The number of nitrogens with zero attached hydrogens (tertiary/aromatic N) is 2. The maximum Gasteiger partial charge on any atom is 0.191 e. The van der Waals surface area contributed by atoms with Crippen LogP contribution in [0.25, 0.3) is 0 Å². The Morgan fingerprint density at radius 3 is 2.29 bits per heavy atom. The van der Waals surface area contributed by atoms with Gasteiger partial charge in [-0.2, -0.15) is 0 Å². The summed E-state index contributed by atoms with van der Waals surface area (Å²) in [4.78, 5) is 7.00. The first-order valence-electron chi connectivity index (χ1n) is 8.31. The summed E-state index contributed by atoms with van der Waals surface area (Å²) in [5, 5.41) is 6.99. The second-order valence-corrected chi connectivity index (χ2v) is 6.90. The molecule has 0 spiro atoms. The van der Waals surface area contributed by atoms with Crippen molar-refractivity contribution in [2.45, 2.75) is 58.5 Å². The van der Waals surface area contributed by atoms with Crippen LogP contribution in [0, 0.1) is 11.8 Å². The van der Waals surface area contributed by atoms with Gasteiger partial charge >= 0.3 is 0 Å². The van der Waals surface area contributed by atoms with Crippen LogP contribution in [0.4, 0.5) is 0 Å². The molecule has 0 aromatic carbocycles. The van der Waals surface area contributed by atoms with Crippen molar-refractivity contribution in [2.75, 3.05) is 26.7 Å². The fourth-order valence-electron chi connectivity index (χ4n) is 2.96. The lowest BCUT2D eigenvalue weighted by atomic mass is 9.94. The Kier molecular flexibility index (Phi) is 8.31. The van der Waals surface area contributed by atoms with E-state index in [1.807, 2.05) is 7.05 Å². The molecule has 2 aliphatic rings. The minimum atomic E-state index is 0. The smallest absolute Gasteiger partial charge is 0.191 e. The predicted octanol–water partition coefficient (Wildman–Crippen LogP) is 2.69. The molecule has 1 aliphatic carbocycles. The van der Waals surface area contributed by atoms with Crippen molar-refractivity contribution in [3.63, 3.8) is 0 Å². The third kappa shape index (κ3) is 6.30. The first-order valence-corrected chi connectivity index (χ1v) is 8.31. The van der Waals surface area contributed by atoms with Gasteiger partial charge in [-0.3, -0.25) is 9.89 Å². The maximum atomic E-state index is 4.33. The quantitative estimate of drug-likeness (QED) is 0.418. The molecule has 0 aromatic rings. The summed E-state index contributed by atoms with van der Waals surface area (Å²) in [5.74, 6) is 2.55. The van der Waals surface area contributed by atoms with Gasteiger partial charge in [-0.1, -0.05) is 20.8 Å². The minimum Gasteiger partial charge on any atom is -0.355 e. The van der Waals surface area contributed by atoms with Crippen molar-refractivity contribution < 1.29 is 0 Å². The third-order valence-electron chi connectivity index (χ3n) is 4.68. The Bertz CT molecular complexity index is 320. The molecule has 0 amide bonds. The van der Waals surface area contributed by atoms with Crippen molar-refractivity contribution in [3.05, 3.63) is 0 Å². The summed E-state index contributed by atoms with van der Waals surface area (Å²) in [6.07, 6.45) is 5.27. The summed E-state index contributed by atoms with van der Waals surface area (Å²) in [5.41, 5.74) is 0. The van der Waals surface area contributed by atoms with E-state index in [2.05, 4.69) is 41.3 Å². The third-order valence-corrected chi connectivity index (χ3v) is 4.68. The van der Waals surface area contributed by atoms with Gasteiger partial charge in [0.2, 0.25) is 0 Å². The average Bonchev–Trinajstić information content (AvgIpc) is 3.23. The predicted molar refractivity (Wildman–Crippen MR) is 102 cm³/mol. The van der Waals surface area contributed by atoms with Gasteiger partial charge in [0.05, 0.1) is 0 Å². The van der Waals surface area contributed by atoms with E-state index in [4.69, 9.17) is 0 Å². The Morgan fingerprint density at radius 2 is 1.81 bits per heavy atom. The first-order chi connectivity index (χ1) is 9.60. The van der Waals surface area contributed by atoms with Crippen LogP contribution in [0.3, 0.4) is 0 Å². The Balaban J connectivity index is 0.00000220. The van der Waals surface area contributed by atoms with Gasteiger partial charge < -0.3 is 10.6 Å². The average molecular weight is 408 g/mol. The molecule has 1 aliphatic heterocycles. The van der Waals surface area contributed by atoms with Gasteiger partial charge in [0, 0.05) is 25.7 Å². The molecule has 2 fully saturated rings. The lowest BCUT2D eigenvalue weighted by Crippen LogP contribution is -2.51. The first kappa shape index (κ1) is 19.0. The minimum absolute atomic E-state index is 0. The summed E-state index contributed by atoms with van der Waals surface area (Å²) in [6.45, 7) is 10.5. The molecule has 0 radical (unpaired) electrons. The van der Waals surface area contributed by atoms with Crippen LogP contribution in [0.5, 0.6) is 0 Å². The lowest BCUT2D eigenvalue weighted by molar-refractivity contribution is 0.110. The van der Waals surface area contributed by atoms with Crippen molar-refractivity contribution in [1.82, 2.24) is 15.5 Å². The molecule has 1 heterocycles. The molecule has 1 saturated heterocycles. The van der Waals surface area contributed by atoms with Gasteiger partial charge in [-0.25, -0.2) is 0 Å². The summed E-state index contributed by atoms with van der Waals surface area (Å²) >= 11 is 0. The number of nitrogens with one attached hydrogen (secondary N) is 2. The number of guanidine groups is 1. The van der Waals surface area contributed by atoms with E-state index in [9.17, 15) is 0 Å². The summed E-state index contributed by atoms with van der Waals surface area (Å²) in [7, 11) is 1.87. The van der Waals surface area contributed by atoms with Gasteiger partial charge in [0.1, 0.15) is 0 Å². The van der Waals surface area contributed by atoms with Gasteiger partial charge in [-0.05, 0) is 50.6 Å². The van der Waals surface area contributed by atoms with Crippen LogP contribution in [-0.4, -0.2) is 49.6 Å². The second kappa shape index (κ2) is 9.18. The van der Waals surface area contributed by atoms with Crippen LogP contribution in [-0.2, 0) is 0 Å². The second-order valence-electron chi connectivity index (χ2n) is 6.90. The number of aliphatic imine (C=N–C) groups is 1. The van der Waals surface area contributed by atoms with E-state index in [1.165, 1.54) is 38.8 Å². The molecule has 2 N–H and O–H groups in total. The van der Waals surface area contributed by atoms with E-state index < -0.39 is 0 Å². The van der Waals surface area contributed by atoms with Crippen LogP contribution in [0.1, 0.15) is 46.5 Å². The molecular weight excluding hydrogens is 375 g/mol. The maximum absolute atomic E-state index is 4.33. The topological polar surface area (TPSA) is 39.7 Å². The van der Waals surface area contributed by atoms with E-state index in [0.29, 0.717) is 18.0 Å². The largest absolute Gasteiger partial charge is 0.355 e. The molecule has 5 heteroatoms. The van der Waals surface area contributed by atoms with E-state index in [0.717, 1.165) is 18.4 Å². The zero-order valence-electron chi connectivity index (χ0n) is 14.1. The van der Waals surface area contributed by atoms with E-state index in [-0.39, 0.29) is 24.0 Å². The normalized spacial score (nSPS) is 22.8. The standard InChI is InChI=1S/C16H32N4.HI/c1-12(2)15(20-9-7-13(3)8-10-20)11-18-16(17-4)19-14-5-6-14;/h12-15H,5-11H2,1-4H3,(H2,17,18,19);1H. The number of hydrogen-bond donors (Lipinski definition) is 2. The molecule has 0 bridgehead atoms. The van der Waals surface area contributed by atoms with Crippen molar-refractivity contribution in [1.29, 1.82) is 0 Å². The molecule has 21 heavy (non-hydrogen) atoms. The van der Waals surface area contributed by atoms with Crippen molar-refractivity contribution in [3.8, 4) is 0 Å². The fourth-order valence-corrected chi connectivity index (χ4v) is 2.96. The van der Waals surface area contributed by atoms with Crippen LogP contribution < -0.4 is 10.6 Å². The Hall–Kier alpha value is -0.0400. The van der Waals surface area contributed by atoms with Gasteiger partial charge in [0.15, 0.2) is 5.96 Å². The fraction of sp³-hybridized carbons (Fsp3) is 0.938. The van der Waals surface area contributed by atoms with Crippen LogP contribution >= 0.6 is 24.0 Å². The van der Waals surface area contributed by atoms with Crippen molar-refractivity contribution >= 4 is 29.9 Å². The molecule has 4 nitrogen and oxygen atoms in total. The molecule has 0 aromatic heterocycles. The Labute approximate surface area is 147 Å². The molecular formula is C16H33IN4. The highest BCUT2D eigenvalue weighted by Crippen LogP contribution is 2.21. The van der Waals surface area contributed by atoms with E-state index >= 15 is 0 Å². The highest BCUT2D eigenvalue weighted by Gasteiger charge is 2.26. The monoisotopic (exact) mass is 408 g/mol. The highest BCUT2D eigenvalue weighted by molar-refractivity contribution is 14.0. The lowest BCUT2D eigenvalue weighted by Gasteiger charge is -2.39. The zero-order chi connectivity index (χ0) is 14.5. The number of piperidine rings is 1. The van der Waals surface area contributed by atoms with Gasteiger partial charge in [0.25, 0.3) is 0 Å². The molecule has 124 valence electrons. The highest BCUT2D eigenvalue weighted by atomic mass is 127. The van der Waals surface area contributed by atoms with Crippen LogP contribution in [0.2, 0.25) is 0 Å². The number of rotatable bonds is 5. The van der Waals surface area contributed by atoms with E-state index in [1.54, 1.807) is 0 Å². The van der Waals surface area contributed by atoms with Crippen LogP contribution in [0.15, 0.2) is 4.99 Å². The van der Waals surface area contributed by atoms with Crippen molar-refractivity contribution in [2.24, 2.45) is 16.8 Å². The SMILES string of the molecule is CN=C(NCC(C(C)C)N1CCC(C)CC1)NC1CC1.I. The molecule has 1 atom stereocenters. The molecule has 1 unspecified atom stereocenters. The number of halogens is 1. The molecule has 1 saturated carbocycles. The summed E-state index contributed by atoms with van der Waals surface area (Å²) < 4.78 is 0. The number of likely N-dealkylation sites (tertiary alicyclic amines) is 1. The van der Waals surface area contributed by atoms with Gasteiger partial charge in [-0.15, -0.1) is 24.0 Å². The number of hydrogen-bond acceptors (Lipinski definition) is 2. The summed E-state index contributed by atoms with van der Waals surface area (Å²) in [6, 6.07) is 1.27. The molecule has 2 rings (SSSR count). The Morgan fingerprint density at radius 1 is 1.19 bits per heavy atom.